The molecule has 1 fully saturated rings. The Morgan fingerprint density at radius 1 is 1.22 bits per heavy atom. The fourth-order valence-electron chi connectivity index (χ4n) is 2.72. The molecule has 0 bridgehead atoms. The van der Waals surface area contributed by atoms with Crippen LogP contribution in [0.4, 0.5) is 4.79 Å². The van der Waals surface area contributed by atoms with Crippen LogP contribution in [0.3, 0.4) is 0 Å². The number of carbonyl (C=O) groups is 4. The molecule has 0 saturated carbocycles. The Morgan fingerprint density at radius 3 is 2.59 bits per heavy atom. The van der Waals surface area contributed by atoms with Crippen molar-refractivity contribution in [1.29, 1.82) is 0 Å². The van der Waals surface area contributed by atoms with Crippen LogP contribution in [0.1, 0.15) is 23.7 Å². The summed E-state index contributed by atoms with van der Waals surface area (Å²) in [6, 6.07) is 2.33. The molecule has 0 aromatic carbocycles. The van der Waals surface area contributed by atoms with Crippen LogP contribution < -0.4 is 0 Å². The molecule has 7 nitrogen and oxygen atoms in total. The first-order chi connectivity index (χ1) is 12.8. The summed E-state index contributed by atoms with van der Waals surface area (Å²) in [4.78, 5) is 55.9. The summed E-state index contributed by atoms with van der Waals surface area (Å²) >= 11 is 0. The third-order valence-electron chi connectivity index (χ3n) is 4.32. The van der Waals surface area contributed by atoms with E-state index in [1.165, 1.54) is 26.4 Å². The molecule has 7 heteroatoms. The van der Waals surface area contributed by atoms with Crippen molar-refractivity contribution in [2.24, 2.45) is 5.41 Å². The fourth-order valence-corrected chi connectivity index (χ4v) is 2.72. The lowest BCUT2D eigenvalue weighted by Crippen LogP contribution is -2.63. The van der Waals surface area contributed by atoms with Gasteiger partial charge >= 0.3 is 6.03 Å². The number of amides is 4. The van der Waals surface area contributed by atoms with Crippen LogP contribution in [0, 0.1) is 5.41 Å². The Morgan fingerprint density at radius 2 is 1.96 bits per heavy atom. The minimum Gasteiger partial charge on any atom is -0.292 e. The largest absolute Gasteiger partial charge is 0.333 e. The Kier molecular flexibility index (Phi) is 6.18. The smallest absolute Gasteiger partial charge is 0.292 e. The number of barbiturate groups is 1. The summed E-state index contributed by atoms with van der Waals surface area (Å²) in [5.74, 6) is -1.72. The zero-order chi connectivity index (χ0) is 20.0. The van der Waals surface area contributed by atoms with Gasteiger partial charge in [0.05, 0.1) is 6.54 Å². The first-order valence-electron chi connectivity index (χ1n) is 8.34. The molecule has 0 radical (unpaired) electrons. The van der Waals surface area contributed by atoms with Gasteiger partial charge in [-0.05, 0) is 25.5 Å². The zero-order valence-corrected chi connectivity index (χ0v) is 15.3. The van der Waals surface area contributed by atoms with Crippen LogP contribution in [-0.2, 0) is 9.59 Å². The lowest BCUT2D eigenvalue weighted by molar-refractivity contribution is -0.156. The molecule has 2 rings (SSSR count). The second kappa shape index (κ2) is 8.35. The van der Waals surface area contributed by atoms with Gasteiger partial charge < -0.3 is 0 Å². The van der Waals surface area contributed by atoms with Crippen LogP contribution >= 0.6 is 0 Å². The summed E-state index contributed by atoms with van der Waals surface area (Å²) in [6.45, 7) is 4.58. The van der Waals surface area contributed by atoms with Gasteiger partial charge in [-0.15, -0.1) is 0 Å². The summed E-state index contributed by atoms with van der Waals surface area (Å²) < 4.78 is 0. The highest BCUT2D eigenvalue weighted by Crippen LogP contribution is 2.32. The molecule has 1 aliphatic heterocycles. The summed E-state index contributed by atoms with van der Waals surface area (Å²) in [7, 11) is 1.30. The molecule has 1 aromatic rings. The van der Waals surface area contributed by atoms with E-state index in [4.69, 9.17) is 0 Å². The van der Waals surface area contributed by atoms with Crippen molar-refractivity contribution in [1.82, 2.24) is 14.8 Å². The van der Waals surface area contributed by atoms with Gasteiger partial charge in [0.25, 0.3) is 0 Å². The first kappa shape index (κ1) is 20.0. The number of allylic oxidation sites excluding steroid dienone is 5. The maximum Gasteiger partial charge on any atom is 0.333 e. The Bertz CT molecular complexity index is 829. The van der Waals surface area contributed by atoms with Crippen LogP contribution in [0.2, 0.25) is 0 Å². The number of carbonyl (C=O) groups excluding carboxylic acids is 4. The molecule has 140 valence electrons. The number of aromatic nitrogens is 1. The number of nitrogens with zero attached hydrogens (tertiary/aromatic N) is 3. The lowest BCUT2D eigenvalue weighted by Gasteiger charge is -2.40. The minimum absolute atomic E-state index is 0.0986. The predicted octanol–water partition coefficient (Wildman–Crippen LogP) is 2.38. The molecule has 1 unspecified atom stereocenters. The normalized spacial score (nSPS) is 20.7. The van der Waals surface area contributed by atoms with Gasteiger partial charge in [-0.25, -0.2) is 4.79 Å². The molecular formula is C20H21N3O4. The number of pyridine rings is 1. The van der Waals surface area contributed by atoms with Crippen LogP contribution in [0.5, 0.6) is 0 Å². The van der Waals surface area contributed by atoms with E-state index < -0.39 is 35.6 Å². The number of ketones is 1. The number of rotatable bonds is 7. The molecule has 0 N–H and O–H groups in total. The van der Waals surface area contributed by atoms with Gasteiger partial charge in [-0.1, -0.05) is 37.0 Å². The van der Waals surface area contributed by atoms with Gasteiger partial charge in [-0.3, -0.25) is 29.2 Å². The molecular weight excluding hydrogens is 346 g/mol. The third kappa shape index (κ3) is 4.08. The number of imide groups is 2. The average molecular weight is 367 g/mol. The molecule has 0 aliphatic carbocycles. The Hall–Kier alpha value is -3.35. The highest BCUT2D eigenvalue weighted by molar-refractivity contribution is 6.20. The molecule has 0 spiro atoms. The van der Waals surface area contributed by atoms with Crippen LogP contribution in [0.25, 0.3) is 0 Å². The molecule has 27 heavy (non-hydrogen) atoms. The number of urea groups is 1. The topological polar surface area (TPSA) is 87.7 Å². The molecule has 1 aliphatic rings. The fraction of sp³-hybridized carbons (Fsp3) is 0.250. The second-order valence-corrected chi connectivity index (χ2v) is 6.29. The van der Waals surface area contributed by atoms with E-state index in [1.807, 2.05) is 0 Å². The Balaban J connectivity index is 2.26. The lowest BCUT2D eigenvalue weighted by atomic mass is 9.81. The first-order valence-corrected chi connectivity index (χ1v) is 8.34. The van der Waals surface area contributed by atoms with Gasteiger partial charge in [-0.2, -0.15) is 0 Å². The van der Waals surface area contributed by atoms with E-state index in [0.29, 0.717) is 0 Å². The number of hydrogen-bond acceptors (Lipinski definition) is 5. The van der Waals surface area contributed by atoms with Gasteiger partial charge in [0, 0.05) is 25.0 Å². The van der Waals surface area contributed by atoms with Crippen molar-refractivity contribution in [2.75, 3.05) is 13.6 Å². The van der Waals surface area contributed by atoms with Gasteiger partial charge in [0.15, 0.2) is 5.78 Å². The molecule has 1 aromatic heterocycles. The van der Waals surface area contributed by atoms with Crippen LogP contribution in [0.15, 0.2) is 61.5 Å². The van der Waals surface area contributed by atoms with Gasteiger partial charge in [0.2, 0.25) is 11.8 Å². The zero-order valence-electron chi connectivity index (χ0n) is 15.3. The van der Waals surface area contributed by atoms with E-state index in [0.717, 1.165) is 9.80 Å². The predicted molar refractivity (Wildman–Crippen MR) is 99.6 cm³/mol. The summed E-state index contributed by atoms with van der Waals surface area (Å²) in [6.07, 6.45) is 11.4. The molecule has 1 saturated heterocycles. The number of Topliss-reactive ketones (excluding diaryl/α,β-unsaturated/α-hetero) is 1. The quantitative estimate of drug-likeness (QED) is 0.419. The average Bonchev–Trinajstić information content (AvgIpc) is 2.69. The minimum atomic E-state index is -1.46. The van der Waals surface area contributed by atoms with Crippen molar-refractivity contribution in [2.45, 2.75) is 13.3 Å². The van der Waals surface area contributed by atoms with E-state index in [9.17, 15) is 19.2 Å². The monoisotopic (exact) mass is 367 g/mol. The van der Waals surface area contributed by atoms with Crippen molar-refractivity contribution in [3.63, 3.8) is 0 Å². The van der Waals surface area contributed by atoms with Crippen molar-refractivity contribution in [3.8, 4) is 0 Å². The second-order valence-electron chi connectivity index (χ2n) is 6.29. The Labute approximate surface area is 157 Å². The highest BCUT2D eigenvalue weighted by Gasteiger charge is 2.52. The van der Waals surface area contributed by atoms with E-state index in [1.54, 1.807) is 42.5 Å². The van der Waals surface area contributed by atoms with E-state index in [-0.39, 0.29) is 12.0 Å². The third-order valence-corrected chi connectivity index (χ3v) is 4.32. The molecule has 2 heterocycles. The number of hydrogen-bond donors (Lipinski definition) is 0. The molecule has 4 amide bonds. The van der Waals surface area contributed by atoms with Crippen molar-refractivity contribution in [3.05, 3.63) is 67.0 Å². The van der Waals surface area contributed by atoms with Crippen molar-refractivity contribution < 1.29 is 19.2 Å². The van der Waals surface area contributed by atoms with Crippen LogP contribution in [-0.4, -0.2) is 52.0 Å². The summed E-state index contributed by atoms with van der Waals surface area (Å²) in [5, 5.41) is 0. The maximum absolute atomic E-state index is 12.9. The standard InChI is InChI=1S/C20H21N3O4/c1-4-5-6-7-8-11-20(2)17(25)22(3)19(27)23(18(20)26)14-16(24)15-10-9-12-21-13-15/h4-10,12-13H,1,11,14H2,2-3H3/b6-5-,8-7+. The molecule has 1 atom stereocenters. The maximum atomic E-state index is 12.9. The SMILES string of the molecule is C=C/C=C\C=C\CC1(C)C(=O)N(C)C(=O)N(CC(=O)c2cccnc2)C1=O. The van der Waals surface area contributed by atoms with E-state index in [2.05, 4.69) is 11.6 Å². The van der Waals surface area contributed by atoms with Gasteiger partial charge in [0.1, 0.15) is 5.41 Å². The van der Waals surface area contributed by atoms with E-state index >= 15 is 0 Å². The summed E-state index contributed by atoms with van der Waals surface area (Å²) in [5.41, 5.74) is -1.18. The highest BCUT2D eigenvalue weighted by atomic mass is 16.2. The van der Waals surface area contributed by atoms with Crippen molar-refractivity contribution >= 4 is 23.6 Å².